The molecule has 1 saturated heterocycles. The van der Waals surface area contributed by atoms with E-state index in [1.165, 1.54) is 0 Å². The zero-order chi connectivity index (χ0) is 18.0. The van der Waals surface area contributed by atoms with Gasteiger partial charge < -0.3 is 10.2 Å². The van der Waals surface area contributed by atoms with Crippen LogP contribution in [0.25, 0.3) is 0 Å². The van der Waals surface area contributed by atoms with Crippen LogP contribution in [0.5, 0.6) is 0 Å². The Bertz CT molecular complexity index is 802. The number of nitrogens with zero attached hydrogens (tertiary/aromatic N) is 1. The molecule has 0 saturated carbocycles. The molecular formula is C20H21BrN2O2. The van der Waals surface area contributed by atoms with Gasteiger partial charge >= 0.3 is 0 Å². The first-order chi connectivity index (χ1) is 12.0. The summed E-state index contributed by atoms with van der Waals surface area (Å²) in [6.07, 6.45) is 1.10. The van der Waals surface area contributed by atoms with Crippen LogP contribution in [0.4, 0.5) is 11.4 Å². The summed E-state index contributed by atoms with van der Waals surface area (Å²) in [5, 5.41) is 3.05. The van der Waals surface area contributed by atoms with Crippen LogP contribution in [0.2, 0.25) is 0 Å². The maximum atomic E-state index is 12.7. The third kappa shape index (κ3) is 3.76. The molecule has 0 aliphatic carbocycles. The molecule has 130 valence electrons. The van der Waals surface area contributed by atoms with E-state index < -0.39 is 0 Å². The van der Waals surface area contributed by atoms with E-state index in [0.717, 1.165) is 33.4 Å². The summed E-state index contributed by atoms with van der Waals surface area (Å²) in [4.78, 5) is 26.8. The zero-order valence-electron chi connectivity index (χ0n) is 14.4. The van der Waals surface area contributed by atoms with Crippen LogP contribution in [-0.2, 0) is 16.0 Å². The Morgan fingerprint density at radius 1 is 1.24 bits per heavy atom. The highest BCUT2D eigenvalue weighted by Gasteiger charge is 2.35. The smallest absolute Gasteiger partial charge is 0.229 e. The van der Waals surface area contributed by atoms with Gasteiger partial charge in [-0.1, -0.05) is 41.1 Å². The van der Waals surface area contributed by atoms with Crippen molar-refractivity contribution in [3.8, 4) is 0 Å². The molecule has 0 spiro atoms. The topological polar surface area (TPSA) is 49.4 Å². The van der Waals surface area contributed by atoms with Gasteiger partial charge in [-0.05, 0) is 48.7 Å². The molecule has 1 heterocycles. The molecule has 1 N–H and O–H groups in total. The predicted molar refractivity (Wildman–Crippen MR) is 104 cm³/mol. The fourth-order valence-electron chi connectivity index (χ4n) is 3.18. The molecule has 1 unspecified atom stereocenters. The van der Waals surface area contributed by atoms with Gasteiger partial charge in [0, 0.05) is 28.8 Å². The van der Waals surface area contributed by atoms with Crippen molar-refractivity contribution >= 4 is 39.1 Å². The molecule has 5 heteroatoms. The molecule has 2 aromatic carbocycles. The molecule has 2 aromatic rings. The number of hydrogen-bond donors (Lipinski definition) is 1. The minimum atomic E-state index is -0.333. The number of amides is 2. The van der Waals surface area contributed by atoms with Crippen LogP contribution in [0.1, 0.15) is 24.5 Å². The number of hydrogen-bond acceptors (Lipinski definition) is 2. The van der Waals surface area contributed by atoms with E-state index in [0.29, 0.717) is 6.54 Å². The Morgan fingerprint density at radius 3 is 2.64 bits per heavy atom. The summed E-state index contributed by atoms with van der Waals surface area (Å²) in [7, 11) is 0. The van der Waals surface area contributed by atoms with Crippen LogP contribution in [0, 0.1) is 12.8 Å². The van der Waals surface area contributed by atoms with Crippen molar-refractivity contribution in [2.45, 2.75) is 26.7 Å². The van der Waals surface area contributed by atoms with Crippen molar-refractivity contribution in [1.29, 1.82) is 0 Å². The van der Waals surface area contributed by atoms with Crippen LogP contribution < -0.4 is 10.2 Å². The van der Waals surface area contributed by atoms with Gasteiger partial charge in [0.1, 0.15) is 0 Å². The number of rotatable bonds is 4. The highest BCUT2D eigenvalue weighted by Crippen LogP contribution is 2.28. The van der Waals surface area contributed by atoms with E-state index in [1.807, 2.05) is 49.4 Å². The van der Waals surface area contributed by atoms with Crippen LogP contribution in [0.3, 0.4) is 0 Å². The van der Waals surface area contributed by atoms with Crippen molar-refractivity contribution < 1.29 is 9.59 Å². The lowest BCUT2D eigenvalue weighted by Crippen LogP contribution is -2.28. The number of benzene rings is 2. The van der Waals surface area contributed by atoms with Gasteiger partial charge in [-0.15, -0.1) is 0 Å². The van der Waals surface area contributed by atoms with E-state index in [2.05, 4.69) is 28.2 Å². The lowest BCUT2D eigenvalue weighted by molar-refractivity contribution is -0.122. The van der Waals surface area contributed by atoms with Crippen LogP contribution in [0.15, 0.2) is 46.9 Å². The van der Waals surface area contributed by atoms with Crippen molar-refractivity contribution in [3.63, 3.8) is 0 Å². The normalized spacial score (nSPS) is 17.0. The zero-order valence-corrected chi connectivity index (χ0v) is 16.0. The highest BCUT2D eigenvalue weighted by molar-refractivity contribution is 9.10. The summed E-state index contributed by atoms with van der Waals surface area (Å²) in [6.45, 7) is 4.47. The predicted octanol–water partition coefficient (Wildman–Crippen LogP) is 4.31. The molecule has 0 bridgehead atoms. The number of carbonyl (C=O) groups is 2. The SMILES string of the molecule is CCc1cccc(C)c1NC(=O)C1CC(=O)N(c2ccc(Br)cc2)C1. The summed E-state index contributed by atoms with van der Waals surface area (Å²) in [6, 6.07) is 13.6. The molecule has 25 heavy (non-hydrogen) atoms. The monoisotopic (exact) mass is 400 g/mol. The quantitative estimate of drug-likeness (QED) is 0.830. The fourth-order valence-corrected chi connectivity index (χ4v) is 3.45. The molecule has 1 fully saturated rings. The van der Waals surface area contributed by atoms with Crippen LogP contribution in [-0.4, -0.2) is 18.4 Å². The number of halogens is 1. The molecule has 3 rings (SSSR count). The van der Waals surface area contributed by atoms with Crippen LogP contribution >= 0.6 is 15.9 Å². The lowest BCUT2D eigenvalue weighted by atomic mass is 10.0. The van der Waals surface area contributed by atoms with Gasteiger partial charge in [0.25, 0.3) is 0 Å². The molecule has 4 nitrogen and oxygen atoms in total. The van der Waals surface area contributed by atoms with Crippen molar-refractivity contribution in [2.24, 2.45) is 5.92 Å². The van der Waals surface area contributed by atoms with Crippen molar-refractivity contribution in [3.05, 3.63) is 58.1 Å². The number of anilines is 2. The van der Waals surface area contributed by atoms with Crippen molar-refractivity contribution in [2.75, 3.05) is 16.8 Å². The second-order valence-corrected chi connectivity index (χ2v) is 7.25. The third-order valence-electron chi connectivity index (χ3n) is 4.62. The van der Waals surface area contributed by atoms with Gasteiger partial charge in [0.05, 0.1) is 5.92 Å². The molecule has 1 aliphatic rings. The molecular weight excluding hydrogens is 380 g/mol. The summed E-state index contributed by atoms with van der Waals surface area (Å²) in [5.74, 6) is -0.430. The Labute approximate surface area is 156 Å². The van der Waals surface area contributed by atoms with Crippen molar-refractivity contribution in [1.82, 2.24) is 0 Å². The average molecular weight is 401 g/mol. The average Bonchev–Trinajstić information content (AvgIpc) is 2.99. The first-order valence-corrected chi connectivity index (χ1v) is 9.24. The molecule has 2 amide bonds. The molecule has 1 atom stereocenters. The van der Waals surface area contributed by atoms with Gasteiger partial charge in [-0.3, -0.25) is 9.59 Å². The first-order valence-electron chi connectivity index (χ1n) is 8.45. The standard InChI is InChI=1S/C20H21BrN2O2/c1-3-14-6-4-5-13(2)19(14)22-20(25)15-11-18(24)23(12-15)17-9-7-16(21)8-10-17/h4-10,15H,3,11-12H2,1-2H3,(H,22,25). The second kappa shape index (κ2) is 7.40. The van der Waals surface area contributed by atoms with Gasteiger partial charge in [0.2, 0.25) is 11.8 Å². The molecule has 1 aliphatic heterocycles. The van der Waals surface area contributed by atoms with Gasteiger partial charge in [-0.25, -0.2) is 0 Å². The summed E-state index contributed by atoms with van der Waals surface area (Å²) >= 11 is 3.39. The molecule has 0 radical (unpaired) electrons. The summed E-state index contributed by atoms with van der Waals surface area (Å²) in [5.41, 5.74) is 3.86. The Morgan fingerprint density at radius 2 is 1.96 bits per heavy atom. The van der Waals surface area contributed by atoms with E-state index in [4.69, 9.17) is 0 Å². The third-order valence-corrected chi connectivity index (χ3v) is 5.15. The Kier molecular flexibility index (Phi) is 5.23. The number of para-hydroxylation sites is 1. The Balaban J connectivity index is 1.74. The molecule has 0 aromatic heterocycles. The first kappa shape index (κ1) is 17.7. The number of aryl methyl sites for hydroxylation is 2. The summed E-state index contributed by atoms with van der Waals surface area (Å²) < 4.78 is 0.962. The lowest BCUT2D eigenvalue weighted by Gasteiger charge is -2.18. The van der Waals surface area contributed by atoms with E-state index in [-0.39, 0.29) is 24.2 Å². The Hall–Kier alpha value is -2.14. The van der Waals surface area contributed by atoms with Gasteiger partial charge in [0.15, 0.2) is 0 Å². The second-order valence-electron chi connectivity index (χ2n) is 6.33. The maximum Gasteiger partial charge on any atom is 0.229 e. The minimum Gasteiger partial charge on any atom is -0.325 e. The fraction of sp³-hybridized carbons (Fsp3) is 0.300. The van der Waals surface area contributed by atoms with E-state index in [9.17, 15) is 9.59 Å². The highest BCUT2D eigenvalue weighted by atomic mass is 79.9. The van der Waals surface area contributed by atoms with Gasteiger partial charge in [-0.2, -0.15) is 0 Å². The number of nitrogens with one attached hydrogen (secondary N) is 1. The maximum absolute atomic E-state index is 12.7. The van der Waals surface area contributed by atoms with E-state index in [1.54, 1.807) is 4.90 Å². The largest absolute Gasteiger partial charge is 0.325 e. The number of carbonyl (C=O) groups excluding carboxylic acids is 2. The minimum absolute atomic E-state index is 0.0111. The van der Waals surface area contributed by atoms with E-state index >= 15 is 0 Å².